The highest BCUT2D eigenvalue weighted by atomic mass is 16.2. The van der Waals surface area contributed by atoms with Crippen LogP contribution in [-0.2, 0) is 4.79 Å². The molecule has 0 atom stereocenters. The Balaban J connectivity index is 1.40. The minimum absolute atomic E-state index is 0.334. The summed E-state index contributed by atoms with van der Waals surface area (Å²) in [6.45, 7) is 2.39. The summed E-state index contributed by atoms with van der Waals surface area (Å²) in [5, 5.41) is 3.27. The van der Waals surface area contributed by atoms with Crippen molar-refractivity contribution in [2.45, 2.75) is 69.9 Å². The van der Waals surface area contributed by atoms with Gasteiger partial charge in [0.15, 0.2) is 0 Å². The summed E-state index contributed by atoms with van der Waals surface area (Å²) in [5.74, 6) is 0.679. The lowest BCUT2D eigenvalue weighted by molar-refractivity contribution is -0.128. The first-order valence-electron chi connectivity index (χ1n) is 7.87. The van der Waals surface area contributed by atoms with Gasteiger partial charge in [0.05, 0.1) is 0 Å². The maximum Gasteiger partial charge on any atom is 0.223 e. The third kappa shape index (κ3) is 2.71. The van der Waals surface area contributed by atoms with Crippen LogP contribution in [0.3, 0.4) is 0 Å². The largest absolute Gasteiger partial charge is 0.353 e. The van der Waals surface area contributed by atoms with Gasteiger partial charge in [0.1, 0.15) is 0 Å². The summed E-state index contributed by atoms with van der Waals surface area (Å²) in [5.41, 5.74) is 0. The number of hydrogen-bond acceptors (Lipinski definition) is 2. The molecular weight excluding hydrogens is 224 g/mol. The van der Waals surface area contributed by atoms with Crippen LogP contribution in [0.5, 0.6) is 0 Å². The van der Waals surface area contributed by atoms with Crippen LogP contribution in [0.25, 0.3) is 0 Å². The molecule has 1 aliphatic heterocycles. The number of hydrogen-bond donors (Lipinski definition) is 1. The number of likely N-dealkylation sites (tertiary alicyclic amines) is 1. The lowest BCUT2D eigenvalue weighted by Crippen LogP contribution is -2.49. The van der Waals surface area contributed by atoms with Crippen LogP contribution in [0, 0.1) is 5.92 Å². The number of amides is 1. The number of nitrogens with one attached hydrogen (secondary N) is 1. The second kappa shape index (κ2) is 5.60. The van der Waals surface area contributed by atoms with Crippen LogP contribution in [0.2, 0.25) is 0 Å². The molecule has 18 heavy (non-hydrogen) atoms. The van der Waals surface area contributed by atoms with Gasteiger partial charge in [-0.25, -0.2) is 0 Å². The average molecular weight is 250 g/mol. The molecule has 0 aromatic carbocycles. The summed E-state index contributed by atoms with van der Waals surface area (Å²) in [6, 6.07) is 1.31. The van der Waals surface area contributed by atoms with Crippen LogP contribution >= 0.6 is 0 Å². The van der Waals surface area contributed by atoms with Crippen molar-refractivity contribution in [1.82, 2.24) is 10.2 Å². The summed E-state index contributed by atoms with van der Waals surface area (Å²) in [7, 11) is 0. The first-order chi connectivity index (χ1) is 8.83. The van der Waals surface area contributed by atoms with Crippen LogP contribution in [0.1, 0.15) is 57.8 Å². The number of rotatable bonds is 3. The van der Waals surface area contributed by atoms with E-state index in [0.29, 0.717) is 17.9 Å². The summed E-state index contributed by atoms with van der Waals surface area (Å²) in [4.78, 5) is 14.6. The lowest BCUT2D eigenvalue weighted by Gasteiger charge is -2.37. The Morgan fingerprint density at radius 1 is 0.889 bits per heavy atom. The maximum atomic E-state index is 11.9. The molecule has 0 aromatic rings. The zero-order valence-electron chi connectivity index (χ0n) is 11.4. The van der Waals surface area contributed by atoms with Gasteiger partial charge in [-0.2, -0.15) is 0 Å². The first kappa shape index (κ1) is 12.5. The van der Waals surface area contributed by atoms with E-state index >= 15 is 0 Å². The fourth-order valence-electron chi connectivity index (χ4n) is 3.67. The topological polar surface area (TPSA) is 32.3 Å². The number of carbonyl (C=O) groups is 1. The van der Waals surface area contributed by atoms with Crippen LogP contribution in [-0.4, -0.2) is 36.0 Å². The van der Waals surface area contributed by atoms with Gasteiger partial charge in [-0.15, -0.1) is 0 Å². The molecule has 0 aromatic heterocycles. The second-order valence-corrected chi connectivity index (χ2v) is 6.38. The molecule has 3 heteroatoms. The molecule has 0 unspecified atom stereocenters. The number of piperidine rings is 1. The van der Waals surface area contributed by atoms with E-state index in [2.05, 4.69) is 10.2 Å². The number of nitrogens with zero attached hydrogens (tertiary/aromatic N) is 1. The predicted octanol–water partition coefficient (Wildman–Crippen LogP) is 2.31. The van der Waals surface area contributed by atoms with Gasteiger partial charge in [0.2, 0.25) is 5.91 Å². The van der Waals surface area contributed by atoms with E-state index in [1.807, 2.05) is 0 Å². The molecule has 0 spiro atoms. The SMILES string of the molecule is O=C(NC1CCN(C2CCCC2)CC1)C1CCC1. The molecule has 1 amide bonds. The van der Waals surface area contributed by atoms with E-state index in [0.717, 1.165) is 31.7 Å². The van der Waals surface area contributed by atoms with Gasteiger partial charge in [-0.1, -0.05) is 19.3 Å². The second-order valence-electron chi connectivity index (χ2n) is 6.38. The lowest BCUT2D eigenvalue weighted by atomic mass is 9.84. The maximum absolute atomic E-state index is 11.9. The molecule has 0 radical (unpaired) electrons. The van der Waals surface area contributed by atoms with E-state index in [1.54, 1.807) is 0 Å². The fourth-order valence-corrected chi connectivity index (χ4v) is 3.67. The van der Waals surface area contributed by atoms with Crippen molar-refractivity contribution in [3.05, 3.63) is 0 Å². The summed E-state index contributed by atoms with van der Waals surface area (Å²) >= 11 is 0. The Morgan fingerprint density at radius 3 is 2.11 bits per heavy atom. The molecule has 102 valence electrons. The Labute approximate surface area is 110 Å². The van der Waals surface area contributed by atoms with E-state index in [9.17, 15) is 4.79 Å². The van der Waals surface area contributed by atoms with Crippen molar-refractivity contribution in [1.29, 1.82) is 0 Å². The molecule has 3 fully saturated rings. The summed E-state index contributed by atoms with van der Waals surface area (Å²) < 4.78 is 0. The molecule has 3 rings (SSSR count). The molecule has 1 N–H and O–H groups in total. The smallest absolute Gasteiger partial charge is 0.223 e. The van der Waals surface area contributed by atoms with Crippen LogP contribution in [0.4, 0.5) is 0 Å². The van der Waals surface area contributed by atoms with Gasteiger partial charge >= 0.3 is 0 Å². The average Bonchev–Trinajstić information content (AvgIpc) is 2.81. The van der Waals surface area contributed by atoms with Gasteiger partial charge in [-0.05, 0) is 38.5 Å². The minimum atomic E-state index is 0.334. The highest BCUT2D eigenvalue weighted by Gasteiger charge is 2.30. The normalized spacial score (nSPS) is 28.2. The molecule has 1 heterocycles. The van der Waals surface area contributed by atoms with Crippen LogP contribution < -0.4 is 5.32 Å². The molecule has 3 nitrogen and oxygen atoms in total. The molecule has 1 saturated heterocycles. The van der Waals surface area contributed by atoms with E-state index in [-0.39, 0.29) is 0 Å². The molecule has 0 bridgehead atoms. The summed E-state index contributed by atoms with van der Waals surface area (Å²) in [6.07, 6.45) is 11.5. The Kier molecular flexibility index (Phi) is 3.88. The Morgan fingerprint density at radius 2 is 1.56 bits per heavy atom. The van der Waals surface area contributed by atoms with Crippen molar-refractivity contribution in [3.63, 3.8) is 0 Å². The Bertz CT molecular complexity index is 287. The Hall–Kier alpha value is -0.570. The molecule has 3 aliphatic rings. The van der Waals surface area contributed by atoms with Crippen molar-refractivity contribution in [2.24, 2.45) is 5.92 Å². The van der Waals surface area contributed by atoms with E-state index < -0.39 is 0 Å². The van der Waals surface area contributed by atoms with Crippen molar-refractivity contribution < 1.29 is 4.79 Å². The van der Waals surface area contributed by atoms with E-state index in [1.165, 1.54) is 45.2 Å². The van der Waals surface area contributed by atoms with Crippen molar-refractivity contribution in [3.8, 4) is 0 Å². The zero-order valence-corrected chi connectivity index (χ0v) is 11.4. The molecule has 2 saturated carbocycles. The zero-order chi connectivity index (χ0) is 12.4. The third-order valence-electron chi connectivity index (χ3n) is 5.19. The van der Waals surface area contributed by atoms with Crippen molar-refractivity contribution >= 4 is 5.91 Å². The highest BCUT2D eigenvalue weighted by molar-refractivity contribution is 5.79. The molecular formula is C15H26N2O. The van der Waals surface area contributed by atoms with Crippen LogP contribution in [0.15, 0.2) is 0 Å². The minimum Gasteiger partial charge on any atom is -0.353 e. The van der Waals surface area contributed by atoms with Gasteiger partial charge in [0.25, 0.3) is 0 Å². The highest BCUT2D eigenvalue weighted by Crippen LogP contribution is 2.28. The van der Waals surface area contributed by atoms with Gasteiger partial charge in [-0.3, -0.25) is 4.79 Å². The first-order valence-corrected chi connectivity index (χ1v) is 7.87. The van der Waals surface area contributed by atoms with Gasteiger partial charge < -0.3 is 10.2 Å². The monoisotopic (exact) mass is 250 g/mol. The van der Waals surface area contributed by atoms with E-state index in [4.69, 9.17) is 0 Å². The quantitative estimate of drug-likeness (QED) is 0.833. The standard InChI is InChI=1S/C15H26N2O/c18-15(12-4-3-5-12)16-13-8-10-17(11-9-13)14-6-1-2-7-14/h12-14H,1-11H2,(H,16,18). The fraction of sp³-hybridized carbons (Fsp3) is 0.933. The van der Waals surface area contributed by atoms with Crippen molar-refractivity contribution in [2.75, 3.05) is 13.1 Å². The predicted molar refractivity (Wildman–Crippen MR) is 72.3 cm³/mol. The molecule has 2 aliphatic carbocycles. The third-order valence-corrected chi connectivity index (χ3v) is 5.19. The van der Waals surface area contributed by atoms with Gasteiger partial charge in [0, 0.05) is 31.1 Å². The number of carbonyl (C=O) groups excluding carboxylic acids is 1.